The van der Waals surface area contributed by atoms with Gasteiger partial charge in [-0.25, -0.2) is 13.8 Å². The summed E-state index contributed by atoms with van der Waals surface area (Å²) in [5, 5.41) is 12.6. The van der Waals surface area contributed by atoms with E-state index in [1.165, 1.54) is 12.0 Å². The smallest absolute Gasteiger partial charge is 0.201 e. The number of nitrogens with one attached hydrogen (secondary N) is 2. The van der Waals surface area contributed by atoms with Crippen LogP contribution >= 0.6 is 0 Å². The third-order valence-corrected chi connectivity index (χ3v) is 6.75. The van der Waals surface area contributed by atoms with Gasteiger partial charge >= 0.3 is 0 Å². The second kappa shape index (κ2) is 8.67. The molecule has 0 bridgehead atoms. The van der Waals surface area contributed by atoms with Crippen molar-refractivity contribution in [1.82, 2.24) is 9.97 Å². The van der Waals surface area contributed by atoms with Gasteiger partial charge in [-0.2, -0.15) is 5.26 Å². The van der Waals surface area contributed by atoms with E-state index in [0.29, 0.717) is 29.1 Å². The average molecular weight is 443 g/mol. The van der Waals surface area contributed by atoms with Gasteiger partial charge in [0.1, 0.15) is 0 Å². The molecule has 0 radical (unpaired) electrons. The number of hydrogen-bond acceptors (Lipinski definition) is 3. The molecule has 0 saturated heterocycles. The van der Waals surface area contributed by atoms with Crippen molar-refractivity contribution in [3.8, 4) is 17.2 Å². The maximum atomic E-state index is 13.6. The third kappa shape index (κ3) is 4.19. The quantitative estimate of drug-likeness (QED) is 0.362. The number of anilines is 1. The zero-order valence-electron chi connectivity index (χ0n) is 18.2. The Morgan fingerprint density at radius 3 is 2.45 bits per heavy atom. The molecular formula is C27H24F2N4. The van der Waals surface area contributed by atoms with Gasteiger partial charge in [-0.3, -0.25) is 0 Å². The molecule has 2 N–H and O–H groups in total. The molecule has 1 aromatic heterocycles. The predicted octanol–water partition coefficient (Wildman–Crippen LogP) is 6.69. The van der Waals surface area contributed by atoms with Crippen molar-refractivity contribution in [1.29, 1.82) is 5.26 Å². The maximum Gasteiger partial charge on any atom is 0.201 e. The summed E-state index contributed by atoms with van der Waals surface area (Å²) in [5.41, 5.74) is 4.85. The van der Waals surface area contributed by atoms with Crippen molar-refractivity contribution < 1.29 is 8.78 Å². The van der Waals surface area contributed by atoms with E-state index in [-0.39, 0.29) is 5.41 Å². The highest BCUT2D eigenvalue weighted by Crippen LogP contribution is 2.40. The number of nitrogens with zero attached hydrogens (tertiary/aromatic N) is 2. The lowest BCUT2D eigenvalue weighted by Crippen LogP contribution is -2.36. The first-order valence-electron chi connectivity index (χ1n) is 11.3. The minimum absolute atomic E-state index is 0.0409. The van der Waals surface area contributed by atoms with E-state index < -0.39 is 11.6 Å². The van der Waals surface area contributed by atoms with Crippen LogP contribution in [-0.2, 0) is 5.41 Å². The number of imidazole rings is 1. The van der Waals surface area contributed by atoms with Gasteiger partial charge in [0.25, 0.3) is 0 Å². The molecule has 1 fully saturated rings. The second-order valence-corrected chi connectivity index (χ2v) is 8.83. The summed E-state index contributed by atoms with van der Waals surface area (Å²) in [6.45, 7) is 0.682. The number of rotatable bonds is 5. The summed E-state index contributed by atoms with van der Waals surface area (Å²) in [4.78, 5) is 7.45. The number of hydrogen-bond donors (Lipinski definition) is 2. The fourth-order valence-electron chi connectivity index (χ4n) is 4.92. The molecule has 6 heteroatoms. The van der Waals surface area contributed by atoms with Crippen LogP contribution in [0.2, 0.25) is 0 Å². The first-order chi connectivity index (χ1) is 16.1. The van der Waals surface area contributed by atoms with Gasteiger partial charge in [0, 0.05) is 24.1 Å². The molecule has 0 unspecified atom stereocenters. The molecule has 3 aromatic carbocycles. The molecule has 0 amide bonds. The second-order valence-electron chi connectivity index (χ2n) is 8.83. The number of aromatic nitrogens is 2. The van der Waals surface area contributed by atoms with Crippen LogP contribution in [0.25, 0.3) is 22.2 Å². The number of halogens is 2. The zero-order valence-corrected chi connectivity index (χ0v) is 18.2. The Labute approximate surface area is 191 Å². The van der Waals surface area contributed by atoms with Crippen LogP contribution in [0.1, 0.15) is 43.2 Å². The number of benzene rings is 3. The van der Waals surface area contributed by atoms with Crippen molar-refractivity contribution in [3.63, 3.8) is 0 Å². The molecule has 5 rings (SSSR count). The van der Waals surface area contributed by atoms with Gasteiger partial charge in [-0.15, -0.1) is 0 Å². The number of nitriles is 1. The summed E-state index contributed by atoms with van der Waals surface area (Å²) in [5.74, 6) is -1.27. The fourth-order valence-corrected chi connectivity index (χ4v) is 4.92. The summed E-state index contributed by atoms with van der Waals surface area (Å²) in [7, 11) is 0. The Hall–Kier alpha value is -3.72. The van der Waals surface area contributed by atoms with Gasteiger partial charge in [0.05, 0.1) is 22.7 Å². The van der Waals surface area contributed by atoms with E-state index in [0.717, 1.165) is 48.9 Å². The van der Waals surface area contributed by atoms with Gasteiger partial charge in [-0.1, -0.05) is 55.7 Å². The van der Waals surface area contributed by atoms with E-state index in [9.17, 15) is 14.0 Å². The van der Waals surface area contributed by atoms with E-state index in [4.69, 9.17) is 0 Å². The van der Waals surface area contributed by atoms with E-state index in [2.05, 4.69) is 45.6 Å². The first-order valence-corrected chi connectivity index (χ1v) is 11.3. The van der Waals surface area contributed by atoms with Crippen LogP contribution in [0.15, 0.2) is 60.7 Å². The van der Waals surface area contributed by atoms with Gasteiger partial charge in [-0.05, 0) is 41.7 Å². The largest absolute Gasteiger partial charge is 0.355 e. The van der Waals surface area contributed by atoms with Crippen molar-refractivity contribution in [2.75, 3.05) is 11.9 Å². The number of H-pyrrole nitrogens is 1. The van der Waals surface area contributed by atoms with Crippen LogP contribution in [0.4, 0.5) is 14.7 Å². The lowest BCUT2D eigenvalue weighted by Gasteiger charge is -2.38. The SMILES string of the molecule is N#Cc1cccc(-c2ccc(C3(CNc4nc5cc(F)c(F)cc5[nH]4)CCCCC3)cc2)c1. The van der Waals surface area contributed by atoms with Crippen LogP contribution in [0.5, 0.6) is 0 Å². The normalized spacial score (nSPS) is 15.3. The summed E-state index contributed by atoms with van der Waals surface area (Å²) in [6, 6.07) is 20.7. The van der Waals surface area contributed by atoms with Gasteiger partial charge < -0.3 is 10.3 Å². The molecular weight excluding hydrogens is 418 g/mol. The average Bonchev–Trinajstić information content (AvgIpc) is 3.25. The molecule has 0 spiro atoms. The predicted molar refractivity (Wildman–Crippen MR) is 126 cm³/mol. The molecule has 1 aliphatic rings. The number of aromatic amines is 1. The van der Waals surface area contributed by atoms with Crippen molar-refractivity contribution in [2.24, 2.45) is 0 Å². The minimum atomic E-state index is -0.898. The Morgan fingerprint density at radius 2 is 1.70 bits per heavy atom. The minimum Gasteiger partial charge on any atom is -0.355 e. The first kappa shape index (κ1) is 21.1. The van der Waals surface area contributed by atoms with Crippen LogP contribution in [-0.4, -0.2) is 16.5 Å². The van der Waals surface area contributed by atoms with Crippen LogP contribution < -0.4 is 5.32 Å². The number of fused-ring (bicyclic) bond motifs is 1. The molecule has 0 aliphatic heterocycles. The summed E-state index contributed by atoms with van der Waals surface area (Å²) < 4.78 is 27.1. The Kier molecular flexibility index (Phi) is 5.55. The van der Waals surface area contributed by atoms with Crippen molar-refractivity contribution >= 4 is 17.0 Å². The highest BCUT2D eigenvalue weighted by Gasteiger charge is 2.34. The molecule has 0 atom stereocenters. The van der Waals surface area contributed by atoms with Crippen LogP contribution in [0.3, 0.4) is 0 Å². The third-order valence-electron chi connectivity index (χ3n) is 6.75. The van der Waals surface area contributed by atoms with Gasteiger partial charge in [0.2, 0.25) is 5.95 Å². The van der Waals surface area contributed by atoms with E-state index >= 15 is 0 Å². The van der Waals surface area contributed by atoms with Crippen LogP contribution in [0, 0.1) is 23.0 Å². The highest BCUT2D eigenvalue weighted by atomic mass is 19.2. The Balaban J connectivity index is 1.40. The molecule has 33 heavy (non-hydrogen) atoms. The summed E-state index contributed by atoms with van der Waals surface area (Å²) in [6.07, 6.45) is 5.66. The standard InChI is InChI=1S/C27H24F2N4/c28-22-14-24-25(15-23(22)29)33-26(32-24)31-17-27(11-2-1-3-12-27)21-9-7-19(8-10-21)20-6-4-5-18(13-20)16-30/h4-10,13-15H,1-3,11-12,17H2,(H2,31,32,33). The molecule has 4 aromatic rings. The molecule has 166 valence electrons. The van der Waals surface area contributed by atoms with Gasteiger partial charge in [0.15, 0.2) is 11.6 Å². The Bertz CT molecular complexity index is 1290. The van der Waals surface area contributed by atoms with Crippen molar-refractivity contribution in [2.45, 2.75) is 37.5 Å². The molecule has 4 nitrogen and oxygen atoms in total. The molecule has 1 heterocycles. The van der Waals surface area contributed by atoms with E-state index in [1.807, 2.05) is 18.2 Å². The lowest BCUT2D eigenvalue weighted by molar-refractivity contribution is 0.307. The molecule has 1 aliphatic carbocycles. The van der Waals surface area contributed by atoms with Crippen molar-refractivity contribution in [3.05, 3.63) is 83.4 Å². The zero-order chi connectivity index (χ0) is 22.8. The fraction of sp³-hybridized carbons (Fsp3) is 0.259. The Morgan fingerprint density at radius 1 is 0.939 bits per heavy atom. The van der Waals surface area contributed by atoms with E-state index in [1.54, 1.807) is 6.07 Å². The topological polar surface area (TPSA) is 64.5 Å². The molecule has 1 saturated carbocycles. The lowest BCUT2D eigenvalue weighted by atomic mass is 9.69. The maximum absolute atomic E-state index is 13.6. The summed E-state index contributed by atoms with van der Waals surface area (Å²) >= 11 is 0. The highest BCUT2D eigenvalue weighted by molar-refractivity contribution is 5.77. The monoisotopic (exact) mass is 442 g/mol.